The monoisotopic (exact) mass is 490 g/mol. The van der Waals surface area contributed by atoms with E-state index in [0.29, 0.717) is 50.8 Å². The SMILES string of the molecule is CS(=O)(=O)N1CCN(Cc2cc3c(N4CCOCC4)nc(-c4cnc(N)nc4)nc3s2)CC1. The predicted molar refractivity (Wildman–Crippen MR) is 128 cm³/mol. The van der Waals surface area contributed by atoms with E-state index in [1.165, 1.54) is 15.4 Å². The van der Waals surface area contributed by atoms with Crippen molar-refractivity contribution < 1.29 is 13.2 Å². The summed E-state index contributed by atoms with van der Waals surface area (Å²) in [4.78, 5) is 24.5. The minimum absolute atomic E-state index is 0.211. The summed E-state index contributed by atoms with van der Waals surface area (Å²) in [5.41, 5.74) is 6.36. The maximum absolute atomic E-state index is 11.8. The summed E-state index contributed by atoms with van der Waals surface area (Å²) in [6.07, 6.45) is 4.55. The number of nitrogens with zero attached hydrogens (tertiary/aromatic N) is 7. The third kappa shape index (κ3) is 4.92. The molecule has 2 fully saturated rings. The van der Waals surface area contributed by atoms with Gasteiger partial charge < -0.3 is 15.4 Å². The summed E-state index contributed by atoms with van der Waals surface area (Å²) in [5.74, 6) is 1.67. The van der Waals surface area contributed by atoms with Crippen LogP contribution in [0.25, 0.3) is 21.6 Å². The quantitative estimate of drug-likeness (QED) is 0.544. The molecular formula is C20H26N8O3S2. The lowest BCUT2D eigenvalue weighted by molar-refractivity contribution is 0.122. The second kappa shape index (κ2) is 9.06. The largest absolute Gasteiger partial charge is 0.378 e. The van der Waals surface area contributed by atoms with E-state index in [-0.39, 0.29) is 5.95 Å². The summed E-state index contributed by atoms with van der Waals surface area (Å²) < 4.78 is 30.6. The number of fused-ring (bicyclic) bond motifs is 1. The number of nitrogen functional groups attached to an aromatic ring is 1. The Bertz CT molecular complexity index is 1230. The fourth-order valence-corrected chi connectivity index (χ4v) is 5.96. The van der Waals surface area contributed by atoms with E-state index in [2.05, 4.69) is 25.8 Å². The van der Waals surface area contributed by atoms with E-state index in [0.717, 1.165) is 35.7 Å². The van der Waals surface area contributed by atoms with Gasteiger partial charge in [0.1, 0.15) is 10.6 Å². The van der Waals surface area contributed by atoms with Gasteiger partial charge in [0.25, 0.3) is 0 Å². The van der Waals surface area contributed by atoms with Gasteiger partial charge in [0, 0.05) is 63.1 Å². The second-order valence-corrected chi connectivity index (χ2v) is 11.3. The Morgan fingerprint density at radius 3 is 2.42 bits per heavy atom. The number of anilines is 2. The topological polar surface area (TPSA) is 131 Å². The molecule has 0 bridgehead atoms. The highest BCUT2D eigenvalue weighted by molar-refractivity contribution is 7.88. The molecule has 13 heteroatoms. The first-order valence-electron chi connectivity index (χ1n) is 10.8. The lowest BCUT2D eigenvalue weighted by Gasteiger charge is -2.32. The Labute approximate surface area is 196 Å². The maximum atomic E-state index is 11.8. The summed E-state index contributed by atoms with van der Waals surface area (Å²) in [5, 5.41) is 1.02. The third-order valence-electron chi connectivity index (χ3n) is 5.84. The first-order valence-corrected chi connectivity index (χ1v) is 13.4. The van der Waals surface area contributed by atoms with Crippen molar-refractivity contribution in [1.82, 2.24) is 29.1 Å². The van der Waals surface area contributed by atoms with Gasteiger partial charge in [0.2, 0.25) is 16.0 Å². The van der Waals surface area contributed by atoms with Crippen molar-refractivity contribution in [1.29, 1.82) is 0 Å². The zero-order chi connectivity index (χ0) is 23.0. The highest BCUT2D eigenvalue weighted by Crippen LogP contribution is 2.34. The zero-order valence-corrected chi connectivity index (χ0v) is 20.0. The molecule has 5 heterocycles. The summed E-state index contributed by atoms with van der Waals surface area (Å²) in [6.45, 7) is 6.05. The van der Waals surface area contributed by atoms with Gasteiger partial charge >= 0.3 is 0 Å². The Morgan fingerprint density at radius 2 is 1.76 bits per heavy atom. The van der Waals surface area contributed by atoms with Crippen molar-refractivity contribution in [3.8, 4) is 11.4 Å². The van der Waals surface area contributed by atoms with E-state index in [9.17, 15) is 8.42 Å². The number of rotatable bonds is 5. The van der Waals surface area contributed by atoms with E-state index in [1.807, 2.05) is 0 Å². The molecule has 0 spiro atoms. The van der Waals surface area contributed by atoms with Crippen LogP contribution in [0.15, 0.2) is 18.5 Å². The molecule has 33 heavy (non-hydrogen) atoms. The van der Waals surface area contributed by atoms with Crippen molar-refractivity contribution in [2.45, 2.75) is 6.54 Å². The van der Waals surface area contributed by atoms with E-state index in [4.69, 9.17) is 20.4 Å². The van der Waals surface area contributed by atoms with E-state index >= 15 is 0 Å². The van der Waals surface area contributed by atoms with Crippen LogP contribution in [-0.4, -0.2) is 96.3 Å². The molecule has 0 unspecified atom stereocenters. The molecule has 0 aromatic carbocycles. The fraction of sp³-hybridized carbons (Fsp3) is 0.500. The number of thiophene rings is 1. The van der Waals surface area contributed by atoms with Gasteiger partial charge in [-0.05, 0) is 6.07 Å². The van der Waals surface area contributed by atoms with Crippen LogP contribution in [0.3, 0.4) is 0 Å². The smallest absolute Gasteiger partial charge is 0.219 e. The Balaban J connectivity index is 1.45. The molecule has 2 aliphatic heterocycles. The van der Waals surface area contributed by atoms with Gasteiger partial charge in [-0.15, -0.1) is 11.3 Å². The Kier molecular flexibility index (Phi) is 6.14. The van der Waals surface area contributed by atoms with Crippen molar-refractivity contribution in [2.75, 3.05) is 69.4 Å². The van der Waals surface area contributed by atoms with Crippen molar-refractivity contribution in [2.24, 2.45) is 0 Å². The molecule has 2 N–H and O–H groups in total. The van der Waals surface area contributed by atoms with Gasteiger partial charge in [-0.2, -0.15) is 4.31 Å². The second-order valence-electron chi connectivity index (χ2n) is 8.17. The first-order chi connectivity index (χ1) is 15.9. The molecule has 0 aliphatic carbocycles. The van der Waals surface area contributed by atoms with Crippen molar-refractivity contribution in [3.63, 3.8) is 0 Å². The number of piperazine rings is 1. The van der Waals surface area contributed by atoms with Gasteiger partial charge in [-0.3, -0.25) is 4.90 Å². The van der Waals surface area contributed by atoms with Crippen molar-refractivity contribution >= 4 is 43.3 Å². The van der Waals surface area contributed by atoms with Crippen molar-refractivity contribution in [3.05, 3.63) is 23.3 Å². The standard InChI is InChI=1S/C20H26N8O3S2/c1-33(29,30)28-4-2-26(3-5-28)13-15-10-16-18(27-6-8-31-9-7-27)24-17(25-19(16)32-15)14-11-22-20(21)23-12-14/h10-12H,2-9,13H2,1H3,(H2,21,22,23). The Morgan fingerprint density at radius 1 is 1.06 bits per heavy atom. The molecule has 0 radical (unpaired) electrons. The van der Waals surface area contributed by atoms with E-state index in [1.54, 1.807) is 23.7 Å². The average molecular weight is 491 g/mol. The van der Waals surface area contributed by atoms with Crippen LogP contribution in [0, 0.1) is 0 Å². The third-order valence-corrected chi connectivity index (χ3v) is 8.16. The molecule has 3 aromatic rings. The number of sulfonamides is 1. The lowest BCUT2D eigenvalue weighted by atomic mass is 10.2. The number of hydrogen-bond donors (Lipinski definition) is 1. The van der Waals surface area contributed by atoms with Crippen LogP contribution in [-0.2, 0) is 21.3 Å². The molecule has 3 aromatic heterocycles. The molecule has 0 saturated carbocycles. The van der Waals surface area contributed by atoms with E-state index < -0.39 is 10.0 Å². The Hall–Kier alpha value is -2.45. The molecule has 0 atom stereocenters. The summed E-state index contributed by atoms with van der Waals surface area (Å²) in [6, 6.07) is 2.16. The zero-order valence-electron chi connectivity index (χ0n) is 18.3. The van der Waals surface area contributed by atoms with Gasteiger partial charge in [-0.25, -0.2) is 28.4 Å². The number of aromatic nitrogens is 4. The molecular weight excluding hydrogens is 464 g/mol. The number of hydrogen-bond acceptors (Lipinski definition) is 11. The molecule has 0 amide bonds. The fourth-order valence-electron chi connectivity index (χ4n) is 4.07. The first kappa shape index (κ1) is 22.3. The minimum atomic E-state index is -3.14. The van der Waals surface area contributed by atoms with Crippen LogP contribution in [0.4, 0.5) is 11.8 Å². The number of nitrogens with two attached hydrogens (primary N) is 1. The van der Waals surface area contributed by atoms with Gasteiger partial charge in [0.15, 0.2) is 5.82 Å². The minimum Gasteiger partial charge on any atom is -0.378 e. The van der Waals surface area contributed by atoms with Crippen LogP contribution >= 0.6 is 11.3 Å². The molecule has 176 valence electrons. The highest BCUT2D eigenvalue weighted by atomic mass is 32.2. The normalized spacial score (nSPS) is 18.8. The van der Waals surface area contributed by atoms with Crippen LogP contribution < -0.4 is 10.6 Å². The van der Waals surface area contributed by atoms with Gasteiger partial charge in [-0.1, -0.05) is 0 Å². The number of ether oxygens (including phenoxy) is 1. The van der Waals surface area contributed by atoms with Crippen LogP contribution in [0.1, 0.15) is 4.88 Å². The van der Waals surface area contributed by atoms with Crippen LogP contribution in [0.2, 0.25) is 0 Å². The lowest BCUT2D eigenvalue weighted by Crippen LogP contribution is -2.47. The molecule has 5 rings (SSSR count). The van der Waals surface area contributed by atoms with Gasteiger partial charge in [0.05, 0.1) is 30.4 Å². The maximum Gasteiger partial charge on any atom is 0.219 e. The summed E-state index contributed by atoms with van der Waals surface area (Å²) >= 11 is 1.64. The molecule has 11 nitrogen and oxygen atoms in total. The number of morpholine rings is 1. The average Bonchev–Trinajstić information content (AvgIpc) is 3.21. The highest BCUT2D eigenvalue weighted by Gasteiger charge is 2.25. The van der Waals surface area contributed by atoms with Crippen LogP contribution in [0.5, 0.6) is 0 Å². The molecule has 2 aliphatic rings. The molecule has 2 saturated heterocycles. The summed E-state index contributed by atoms with van der Waals surface area (Å²) in [7, 11) is -3.14. The predicted octanol–water partition coefficient (Wildman–Crippen LogP) is 0.644.